The van der Waals surface area contributed by atoms with Crippen LogP contribution in [0.2, 0.25) is 0 Å². The van der Waals surface area contributed by atoms with E-state index in [2.05, 4.69) is 26.0 Å². The van der Waals surface area contributed by atoms with Crippen LogP contribution in [-0.2, 0) is 0 Å². The highest BCUT2D eigenvalue weighted by Crippen LogP contribution is 2.15. The van der Waals surface area contributed by atoms with E-state index in [-0.39, 0.29) is 5.91 Å². The van der Waals surface area contributed by atoms with Crippen LogP contribution in [0.3, 0.4) is 0 Å². The molecule has 10 heavy (non-hydrogen) atoms. The Morgan fingerprint density at radius 3 is 3.20 bits per heavy atom. The van der Waals surface area contributed by atoms with E-state index in [1.807, 2.05) is 0 Å². The van der Waals surface area contributed by atoms with Gasteiger partial charge in [0, 0.05) is 0 Å². The van der Waals surface area contributed by atoms with Crippen LogP contribution in [0, 0.1) is 0 Å². The number of nitrogens with zero attached hydrogens (tertiary/aromatic N) is 3. The summed E-state index contributed by atoms with van der Waals surface area (Å²) in [5.74, 6) is -0.0116. The second-order valence-corrected chi connectivity index (χ2v) is 1.73. The van der Waals surface area contributed by atoms with Crippen molar-refractivity contribution in [1.29, 1.82) is 0 Å². The average Bonchev–Trinajstić information content (AvgIpc) is 2.36. The lowest BCUT2D eigenvalue weighted by Crippen LogP contribution is -1.97. The van der Waals surface area contributed by atoms with E-state index in [9.17, 15) is 4.79 Å². The minimum atomic E-state index is -0.373. The van der Waals surface area contributed by atoms with Gasteiger partial charge in [0.2, 0.25) is 0 Å². The van der Waals surface area contributed by atoms with Gasteiger partial charge in [0.15, 0.2) is 11.5 Å². The summed E-state index contributed by atoms with van der Waals surface area (Å²) in [7, 11) is 0. The number of aromatic amines is 1. The summed E-state index contributed by atoms with van der Waals surface area (Å²) in [4.78, 5) is 24.1. The van der Waals surface area contributed by atoms with E-state index in [0.717, 1.165) is 0 Å². The van der Waals surface area contributed by atoms with Gasteiger partial charge in [0.05, 0.1) is 6.33 Å². The van der Waals surface area contributed by atoms with Gasteiger partial charge >= 0.3 is 5.91 Å². The van der Waals surface area contributed by atoms with Crippen molar-refractivity contribution in [1.82, 2.24) is 9.97 Å². The van der Waals surface area contributed by atoms with Crippen LogP contribution in [0.1, 0.15) is 10.5 Å². The minimum absolute atomic E-state index is 0.332. The Bertz CT molecular complexity index is 334. The second kappa shape index (κ2) is 1.62. The van der Waals surface area contributed by atoms with Crippen molar-refractivity contribution < 1.29 is 4.79 Å². The molecule has 0 fully saturated rings. The number of carbonyl (C=O) groups is 1. The molecule has 1 amide bonds. The van der Waals surface area contributed by atoms with Crippen LogP contribution in [0.4, 0.5) is 5.82 Å². The highest BCUT2D eigenvalue weighted by Gasteiger charge is 2.14. The Morgan fingerprint density at radius 2 is 2.40 bits per heavy atom. The Morgan fingerprint density at radius 1 is 1.50 bits per heavy atom. The third kappa shape index (κ3) is 0.519. The molecule has 0 atom stereocenters. The van der Waals surface area contributed by atoms with Gasteiger partial charge in [-0.3, -0.25) is 4.79 Å². The first-order valence-corrected chi connectivity index (χ1v) is 2.62. The smallest absolute Gasteiger partial charge is 0.306 e. The van der Waals surface area contributed by atoms with Gasteiger partial charge in [0.1, 0.15) is 6.01 Å². The van der Waals surface area contributed by atoms with Crippen LogP contribution >= 0.6 is 0 Å². The van der Waals surface area contributed by atoms with Crippen molar-refractivity contribution in [2.75, 3.05) is 0 Å². The van der Waals surface area contributed by atoms with Crippen molar-refractivity contribution in [2.24, 2.45) is 9.98 Å². The SMILES string of the molecule is O=C1N=C=Nc2nc[nH]c21. The average molecular weight is 134 g/mol. The number of H-pyrrole nitrogens is 1. The summed E-state index contributed by atoms with van der Waals surface area (Å²) in [6.07, 6.45) is 1.40. The molecule has 1 N–H and O–H groups in total. The van der Waals surface area contributed by atoms with E-state index in [0.29, 0.717) is 11.5 Å². The number of nitrogens with one attached hydrogen (secondary N) is 1. The number of carbonyl (C=O) groups excluding carboxylic acids is 1. The first-order valence-electron chi connectivity index (χ1n) is 2.62. The third-order valence-electron chi connectivity index (χ3n) is 1.14. The molecular weight excluding hydrogens is 132 g/mol. The first kappa shape index (κ1) is 5.08. The third-order valence-corrected chi connectivity index (χ3v) is 1.14. The van der Waals surface area contributed by atoms with E-state index in [1.54, 1.807) is 0 Å². The molecule has 0 spiro atoms. The molecule has 1 aromatic heterocycles. The van der Waals surface area contributed by atoms with Crippen molar-refractivity contribution >= 4 is 17.7 Å². The first-order chi connectivity index (χ1) is 4.88. The Hall–Kier alpha value is -1.74. The van der Waals surface area contributed by atoms with Gasteiger partial charge in [-0.1, -0.05) is 0 Å². The molecule has 0 saturated heterocycles. The molecule has 2 heterocycles. The van der Waals surface area contributed by atoms with Gasteiger partial charge in [-0.05, 0) is 0 Å². The summed E-state index contributed by atoms with van der Waals surface area (Å²) in [6, 6.07) is 2.19. The maximum absolute atomic E-state index is 10.8. The lowest BCUT2D eigenvalue weighted by molar-refractivity contribution is 0.0999. The molecule has 0 aromatic carbocycles. The summed E-state index contributed by atoms with van der Waals surface area (Å²) in [6.45, 7) is 0. The standard InChI is InChI=1S/C5H2N4O/c10-5-3-4(7-1-6-3)8-2-9-5/h1H,(H,6,7). The van der Waals surface area contributed by atoms with E-state index in [4.69, 9.17) is 0 Å². The van der Waals surface area contributed by atoms with E-state index < -0.39 is 0 Å². The van der Waals surface area contributed by atoms with Crippen molar-refractivity contribution in [2.45, 2.75) is 0 Å². The van der Waals surface area contributed by atoms with E-state index in [1.165, 1.54) is 6.33 Å². The zero-order chi connectivity index (χ0) is 6.97. The molecule has 0 radical (unpaired) electrons. The van der Waals surface area contributed by atoms with Crippen LogP contribution < -0.4 is 0 Å². The van der Waals surface area contributed by atoms with Gasteiger partial charge in [-0.15, -0.1) is 4.99 Å². The topological polar surface area (TPSA) is 70.5 Å². The summed E-state index contributed by atoms with van der Waals surface area (Å²) in [5, 5.41) is 0. The molecule has 0 bridgehead atoms. The molecule has 1 aliphatic heterocycles. The van der Waals surface area contributed by atoms with Crippen LogP contribution in [0.25, 0.3) is 0 Å². The number of aliphatic imine (C=N–C) groups is 2. The lowest BCUT2D eigenvalue weighted by Gasteiger charge is -1.91. The summed E-state index contributed by atoms with van der Waals surface area (Å²) >= 11 is 0. The highest BCUT2D eigenvalue weighted by molar-refractivity contribution is 6.01. The van der Waals surface area contributed by atoms with Gasteiger partial charge < -0.3 is 4.98 Å². The van der Waals surface area contributed by atoms with Crippen molar-refractivity contribution in [3.8, 4) is 0 Å². The number of rotatable bonds is 0. The fourth-order valence-electron chi connectivity index (χ4n) is 0.703. The summed E-state index contributed by atoms with van der Waals surface area (Å²) in [5.41, 5.74) is 0.332. The number of fused-ring (bicyclic) bond motifs is 1. The van der Waals surface area contributed by atoms with Crippen LogP contribution in [-0.4, -0.2) is 21.9 Å². The predicted octanol–water partition coefficient (Wildman–Crippen LogP) is 0.369. The van der Waals surface area contributed by atoms with Crippen molar-refractivity contribution in [3.63, 3.8) is 0 Å². The fraction of sp³-hybridized carbons (Fsp3) is 0. The molecule has 5 heteroatoms. The number of imidazole rings is 1. The monoisotopic (exact) mass is 134 g/mol. The largest absolute Gasteiger partial charge is 0.339 e. The lowest BCUT2D eigenvalue weighted by atomic mass is 10.4. The quantitative estimate of drug-likeness (QED) is 0.556. The highest BCUT2D eigenvalue weighted by atomic mass is 16.1. The normalized spacial score (nSPS) is 13.8. The maximum atomic E-state index is 10.8. The van der Waals surface area contributed by atoms with Crippen LogP contribution in [0.15, 0.2) is 16.3 Å². The van der Waals surface area contributed by atoms with Crippen LogP contribution in [0.5, 0.6) is 0 Å². The molecule has 48 valence electrons. The Labute approximate surface area is 55.5 Å². The van der Waals surface area contributed by atoms with Gasteiger partial charge in [-0.25, -0.2) is 4.98 Å². The molecule has 0 unspecified atom stereocenters. The predicted molar refractivity (Wildman–Crippen MR) is 32.4 cm³/mol. The van der Waals surface area contributed by atoms with Crippen molar-refractivity contribution in [3.05, 3.63) is 12.0 Å². The van der Waals surface area contributed by atoms with E-state index >= 15 is 0 Å². The molecule has 0 aliphatic carbocycles. The van der Waals surface area contributed by atoms with Gasteiger partial charge in [-0.2, -0.15) is 4.99 Å². The molecule has 1 aromatic rings. The Kier molecular flexibility index (Phi) is 0.822. The molecule has 0 saturated carbocycles. The summed E-state index contributed by atoms with van der Waals surface area (Å²) < 4.78 is 0. The zero-order valence-electron chi connectivity index (χ0n) is 4.83. The molecule has 1 aliphatic rings. The molecular formula is C5H2N4O. The zero-order valence-corrected chi connectivity index (χ0v) is 4.83. The number of hydrogen-bond acceptors (Lipinski definition) is 3. The van der Waals surface area contributed by atoms with Gasteiger partial charge in [0.25, 0.3) is 0 Å². The molecule has 5 nitrogen and oxygen atoms in total. The fourth-order valence-corrected chi connectivity index (χ4v) is 0.703. The number of hydrogen-bond donors (Lipinski definition) is 1. The minimum Gasteiger partial charge on any atom is -0.339 e. The maximum Gasteiger partial charge on any atom is 0.306 e. The second-order valence-electron chi connectivity index (χ2n) is 1.73. The Balaban J connectivity index is 2.75. The molecule has 2 rings (SSSR count). The number of amides is 1. The number of aromatic nitrogens is 2.